The predicted molar refractivity (Wildman–Crippen MR) is 169 cm³/mol. The third-order valence-electron chi connectivity index (χ3n) is 8.28. The van der Waals surface area contributed by atoms with E-state index < -0.39 is 0 Å². The van der Waals surface area contributed by atoms with Gasteiger partial charge in [-0.15, -0.1) is 6.42 Å². The van der Waals surface area contributed by atoms with Gasteiger partial charge in [0.15, 0.2) is 0 Å². The molecule has 0 saturated heterocycles. The number of rotatable bonds is 10. The van der Waals surface area contributed by atoms with Crippen molar-refractivity contribution < 1.29 is 0 Å². The summed E-state index contributed by atoms with van der Waals surface area (Å²) < 4.78 is 0. The van der Waals surface area contributed by atoms with Gasteiger partial charge in [0.05, 0.1) is 6.54 Å². The molecule has 0 spiro atoms. The van der Waals surface area contributed by atoms with Crippen LogP contribution in [0.1, 0.15) is 58.1 Å². The lowest BCUT2D eigenvalue weighted by atomic mass is 9.64. The first-order valence-corrected chi connectivity index (χ1v) is 14.2. The van der Waals surface area contributed by atoms with E-state index in [1.54, 1.807) is 0 Å². The molecule has 198 valence electrons. The predicted octanol–water partition coefficient (Wildman–Crippen LogP) is 7.97. The highest BCUT2D eigenvalue weighted by Gasteiger charge is 2.46. The highest BCUT2D eigenvalue weighted by molar-refractivity contribution is 5.81. The molecule has 0 atom stereocenters. The number of allylic oxidation sites excluding steroid dienone is 4. The maximum absolute atomic E-state index is 5.91. The number of terminal acetylenes is 1. The molecule has 4 rings (SSSR count). The maximum atomic E-state index is 5.91. The summed E-state index contributed by atoms with van der Waals surface area (Å²) in [4.78, 5) is 2.22. The van der Waals surface area contributed by atoms with E-state index >= 15 is 0 Å². The number of hydrogen-bond acceptors (Lipinski definition) is 1. The summed E-state index contributed by atoms with van der Waals surface area (Å²) in [6, 6.07) is 26.4. The van der Waals surface area contributed by atoms with E-state index in [1.807, 2.05) is 13.0 Å². The quantitative estimate of drug-likeness (QED) is 0.197. The third-order valence-corrected chi connectivity index (χ3v) is 8.28. The Morgan fingerprint density at radius 2 is 1.49 bits per heavy atom. The smallest absolute Gasteiger partial charge is 0.0840 e. The van der Waals surface area contributed by atoms with Gasteiger partial charge in [-0.2, -0.15) is 0 Å². The van der Waals surface area contributed by atoms with Crippen LogP contribution >= 0.6 is 0 Å². The van der Waals surface area contributed by atoms with Gasteiger partial charge in [0.1, 0.15) is 0 Å². The van der Waals surface area contributed by atoms with Crippen molar-refractivity contribution in [3.63, 3.8) is 0 Å². The Kier molecular flexibility index (Phi) is 9.11. The number of hydrogen-bond donors (Lipinski definition) is 0. The molecule has 3 aromatic rings. The standard InChI is InChI=1S/C38H41N/c1-7-19-31(11-5)39(28-8-2)37(32-21-13-12-20-29(32)6)26-18-27-38(30(9-3)10-4)35-24-16-14-22-33(35)34-23-15-17-25-36(34)38/h2,7,11-26,30H,6,9-10,27-28H2,1,3-5H3/b19-7-,26-18-,31-11+,37-32+. The van der Waals surface area contributed by atoms with E-state index in [1.165, 1.54) is 22.3 Å². The molecule has 0 bridgehead atoms. The van der Waals surface area contributed by atoms with Gasteiger partial charge in [0.25, 0.3) is 0 Å². The van der Waals surface area contributed by atoms with Gasteiger partial charge in [-0.05, 0) is 65.8 Å². The molecule has 0 heterocycles. The summed E-state index contributed by atoms with van der Waals surface area (Å²) in [6.07, 6.45) is 20.0. The average Bonchev–Trinajstić information content (AvgIpc) is 3.25. The molecule has 0 fully saturated rings. The Morgan fingerprint density at radius 3 is 2.03 bits per heavy atom. The Labute approximate surface area is 235 Å². The van der Waals surface area contributed by atoms with E-state index in [9.17, 15) is 0 Å². The normalized spacial score (nSPS) is 14.9. The molecule has 39 heavy (non-hydrogen) atoms. The van der Waals surface area contributed by atoms with Gasteiger partial charge in [0, 0.05) is 22.0 Å². The first-order chi connectivity index (χ1) is 19.1. The Bertz CT molecular complexity index is 1490. The van der Waals surface area contributed by atoms with Gasteiger partial charge in [-0.25, -0.2) is 0 Å². The van der Waals surface area contributed by atoms with Crippen molar-refractivity contribution in [2.75, 3.05) is 6.54 Å². The third kappa shape index (κ3) is 5.17. The molecule has 0 saturated carbocycles. The summed E-state index contributed by atoms with van der Waals surface area (Å²) in [5.41, 5.74) is 7.72. The minimum Gasteiger partial charge on any atom is -0.330 e. The van der Waals surface area contributed by atoms with Crippen molar-refractivity contribution >= 4 is 12.3 Å². The second kappa shape index (κ2) is 12.7. The van der Waals surface area contributed by atoms with Crippen molar-refractivity contribution in [1.29, 1.82) is 0 Å². The Balaban J connectivity index is 1.93. The fourth-order valence-electron chi connectivity index (χ4n) is 6.54. The monoisotopic (exact) mass is 511 g/mol. The highest BCUT2D eigenvalue weighted by Crippen LogP contribution is 2.56. The maximum Gasteiger partial charge on any atom is 0.0840 e. The average molecular weight is 512 g/mol. The van der Waals surface area contributed by atoms with Crippen molar-refractivity contribution in [2.24, 2.45) is 5.92 Å². The van der Waals surface area contributed by atoms with Crippen LogP contribution < -0.4 is 10.4 Å². The molecule has 0 unspecified atom stereocenters. The van der Waals surface area contributed by atoms with Crippen molar-refractivity contribution in [1.82, 2.24) is 4.90 Å². The van der Waals surface area contributed by atoms with E-state index in [-0.39, 0.29) is 5.41 Å². The van der Waals surface area contributed by atoms with Crippen LogP contribution in [0.15, 0.2) is 109 Å². The van der Waals surface area contributed by atoms with Gasteiger partial charge < -0.3 is 4.90 Å². The molecule has 0 amide bonds. The molecule has 1 heteroatoms. The molecule has 0 aliphatic heterocycles. The highest BCUT2D eigenvalue weighted by atomic mass is 15.1. The first-order valence-electron chi connectivity index (χ1n) is 14.2. The van der Waals surface area contributed by atoms with Crippen LogP contribution in [0.4, 0.5) is 0 Å². The van der Waals surface area contributed by atoms with Gasteiger partial charge >= 0.3 is 0 Å². The lowest BCUT2D eigenvalue weighted by Gasteiger charge is -2.39. The van der Waals surface area contributed by atoms with Gasteiger partial charge in [-0.3, -0.25) is 0 Å². The largest absolute Gasteiger partial charge is 0.330 e. The molecule has 1 nitrogen and oxygen atoms in total. The van der Waals surface area contributed by atoms with Crippen LogP contribution in [-0.2, 0) is 5.41 Å². The number of benzene rings is 3. The first kappa shape index (κ1) is 28.0. The summed E-state index contributed by atoms with van der Waals surface area (Å²) in [7, 11) is 0. The zero-order valence-corrected chi connectivity index (χ0v) is 24.0. The molecular formula is C38H41N. The minimum absolute atomic E-state index is 0.0774. The van der Waals surface area contributed by atoms with E-state index in [4.69, 9.17) is 6.42 Å². The van der Waals surface area contributed by atoms with Crippen molar-refractivity contribution in [3.8, 4) is 23.5 Å². The second-order valence-electron chi connectivity index (χ2n) is 10.2. The van der Waals surface area contributed by atoms with E-state index in [2.05, 4.69) is 135 Å². The minimum atomic E-state index is -0.0774. The van der Waals surface area contributed by atoms with E-state index in [0.29, 0.717) is 12.5 Å². The van der Waals surface area contributed by atoms with Crippen LogP contribution in [0.5, 0.6) is 0 Å². The molecule has 1 aliphatic carbocycles. The van der Waals surface area contributed by atoms with Crippen molar-refractivity contribution in [2.45, 2.75) is 52.4 Å². The Morgan fingerprint density at radius 1 is 0.897 bits per heavy atom. The van der Waals surface area contributed by atoms with Crippen LogP contribution in [0.2, 0.25) is 0 Å². The SMILES string of the molecule is C#CCN(C(/C=C\C)=C/C)C(/C=C\CC1(C(CC)CC)c2ccccc2-c2ccccc21)=c1\ccccc1=C. The Hall–Kier alpha value is -4.02. The fraction of sp³-hybridized carbons (Fsp3) is 0.263. The summed E-state index contributed by atoms with van der Waals surface area (Å²) >= 11 is 0. The zero-order valence-electron chi connectivity index (χ0n) is 24.0. The van der Waals surface area contributed by atoms with Gasteiger partial charge in [-0.1, -0.05) is 130 Å². The summed E-state index contributed by atoms with van der Waals surface area (Å²) in [6.45, 7) is 13.6. The number of nitrogens with zero attached hydrogens (tertiary/aromatic N) is 1. The molecular weight excluding hydrogens is 470 g/mol. The van der Waals surface area contributed by atoms with Gasteiger partial charge in [0.2, 0.25) is 0 Å². The summed E-state index contributed by atoms with van der Waals surface area (Å²) in [5, 5.41) is 2.08. The van der Waals surface area contributed by atoms with Crippen molar-refractivity contribution in [3.05, 3.63) is 130 Å². The molecule has 0 radical (unpaired) electrons. The van der Waals surface area contributed by atoms with E-state index in [0.717, 1.165) is 41.1 Å². The lowest BCUT2D eigenvalue weighted by Crippen LogP contribution is -2.34. The molecule has 3 aromatic carbocycles. The van der Waals surface area contributed by atoms with Crippen LogP contribution in [-0.4, -0.2) is 11.4 Å². The number of fused-ring (bicyclic) bond motifs is 3. The molecule has 0 N–H and O–H groups in total. The topological polar surface area (TPSA) is 3.24 Å². The zero-order chi connectivity index (χ0) is 27.8. The lowest BCUT2D eigenvalue weighted by molar-refractivity contribution is 0.308. The van der Waals surface area contributed by atoms with Crippen LogP contribution in [0.25, 0.3) is 23.4 Å². The summed E-state index contributed by atoms with van der Waals surface area (Å²) in [5.74, 6) is 3.41. The fourth-order valence-corrected chi connectivity index (χ4v) is 6.54. The molecule has 1 aliphatic rings. The van der Waals surface area contributed by atoms with Crippen LogP contribution in [0, 0.1) is 18.3 Å². The van der Waals surface area contributed by atoms with Crippen LogP contribution in [0.3, 0.4) is 0 Å². The molecule has 0 aromatic heterocycles. The second-order valence-corrected chi connectivity index (χ2v) is 10.2.